The molecule has 25 heavy (non-hydrogen) atoms. The lowest BCUT2D eigenvalue weighted by atomic mass is 10.1. The van der Waals surface area contributed by atoms with Crippen LogP contribution >= 0.6 is 15.9 Å². The predicted octanol–water partition coefficient (Wildman–Crippen LogP) is 0.804. The highest BCUT2D eigenvalue weighted by atomic mass is 79.9. The Bertz CT molecular complexity index is 592. The minimum Gasteiger partial charge on any atom is -0.450 e. The number of halogens is 1. The number of amides is 3. The molecule has 1 aromatic carbocycles. The number of alkyl carbamates (subject to hydrolysis) is 1. The number of nitrogens with one attached hydrogen (secondary N) is 3. The molecule has 8 heteroatoms. The summed E-state index contributed by atoms with van der Waals surface area (Å²) in [6.45, 7) is 6.38. The number of carbonyl (C=O) groups is 3. The van der Waals surface area contributed by atoms with Crippen LogP contribution in [0.2, 0.25) is 0 Å². The van der Waals surface area contributed by atoms with E-state index in [0.29, 0.717) is 6.54 Å². The monoisotopic (exact) mass is 414 g/mol. The number of ether oxygens (including phenoxy) is 1. The fraction of sp³-hybridized carbons (Fsp3) is 0.471. The largest absolute Gasteiger partial charge is 0.450 e. The van der Waals surface area contributed by atoms with Crippen molar-refractivity contribution in [2.24, 2.45) is 0 Å². The third kappa shape index (κ3) is 8.13. The Morgan fingerprint density at radius 3 is 2.28 bits per heavy atom. The van der Waals surface area contributed by atoms with Crippen LogP contribution in [0.4, 0.5) is 4.79 Å². The van der Waals surface area contributed by atoms with Crippen molar-refractivity contribution in [2.75, 3.05) is 26.2 Å². The maximum atomic E-state index is 12.2. The quantitative estimate of drug-likeness (QED) is 0.586. The zero-order valence-electron chi connectivity index (χ0n) is 14.7. The molecule has 0 aliphatic carbocycles. The molecule has 3 amide bonds. The van der Waals surface area contributed by atoms with Gasteiger partial charge in [0, 0.05) is 4.47 Å². The van der Waals surface area contributed by atoms with Crippen LogP contribution in [0.3, 0.4) is 0 Å². The van der Waals surface area contributed by atoms with Crippen LogP contribution in [-0.2, 0) is 14.3 Å². The summed E-state index contributed by atoms with van der Waals surface area (Å²) < 4.78 is 5.63. The van der Waals surface area contributed by atoms with Gasteiger partial charge in [0.05, 0.1) is 19.2 Å². The number of likely N-dealkylation sites (N-methyl/N-ethyl adjacent to an activating group) is 1. The van der Waals surface area contributed by atoms with Crippen molar-refractivity contribution in [1.29, 1.82) is 0 Å². The van der Waals surface area contributed by atoms with E-state index in [4.69, 9.17) is 0 Å². The first-order valence-electron chi connectivity index (χ1n) is 8.20. The molecule has 138 valence electrons. The second-order valence-corrected chi connectivity index (χ2v) is 6.48. The molecule has 0 bridgehead atoms. The second kappa shape index (κ2) is 10.8. The van der Waals surface area contributed by atoms with Crippen molar-refractivity contribution in [3.8, 4) is 0 Å². The second-order valence-electron chi connectivity index (χ2n) is 5.57. The van der Waals surface area contributed by atoms with Crippen molar-refractivity contribution < 1.29 is 24.0 Å². The zero-order valence-corrected chi connectivity index (χ0v) is 16.3. The summed E-state index contributed by atoms with van der Waals surface area (Å²) in [4.78, 5) is 36.0. The highest BCUT2D eigenvalue weighted by Crippen LogP contribution is 2.16. The maximum absolute atomic E-state index is 12.2. The Hall–Kier alpha value is -1.93. The van der Waals surface area contributed by atoms with E-state index < -0.39 is 12.0 Å². The van der Waals surface area contributed by atoms with E-state index in [0.717, 1.165) is 14.9 Å². The van der Waals surface area contributed by atoms with E-state index in [9.17, 15) is 14.4 Å². The van der Waals surface area contributed by atoms with Crippen molar-refractivity contribution >= 4 is 33.8 Å². The van der Waals surface area contributed by atoms with Gasteiger partial charge in [-0.2, -0.15) is 0 Å². The van der Waals surface area contributed by atoms with Crippen molar-refractivity contribution in [3.05, 3.63) is 34.3 Å². The summed E-state index contributed by atoms with van der Waals surface area (Å²) in [6, 6.07) is 7.58. The highest BCUT2D eigenvalue weighted by molar-refractivity contribution is 9.10. The molecule has 1 aromatic rings. The lowest BCUT2D eigenvalue weighted by Gasteiger charge is -2.19. The molecule has 3 N–H and O–H groups in total. The summed E-state index contributed by atoms with van der Waals surface area (Å²) in [6.07, 6.45) is -0.767. The smallest absolute Gasteiger partial charge is 0.414 e. The van der Waals surface area contributed by atoms with Crippen molar-refractivity contribution in [3.63, 3.8) is 0 Å². The molecule has 0 spiro atoms. The lowest BCUT2D eigenvalue weighted by molar-refractivity contribution is -0.881. The number of imide groups is 1. The van der Waals surface area contributed by atoms with Crippen LogP contribution in [0.15, 0.2) is 28.7 Å². The zero-order chi connectivity index (χ0) is 18.8. The summed E-state index contributed by atoms with van der Waals surface area (Å²) in [5, 5.41) is 5.05. The Morgan fingerprint density at radius 1 is 1.12 bits per heavy atom. The van der Waals surface area contributed by atoms with Crippen LogP contribution < -0.4 is 15.5 Å². The van der Waals surface area contributed by atoms with Gasteiger partial charge >= 0.3 is 6.09 Å². The van der Waals surface area contributed by atoms with Gasteiger partial charge < -0.3 is 15.0 Å². The average Bonchev–Trinajstić information content (AvgIpc) is 2.54. The van der Waals surface area contributed by atoms with Crippen LogP contribution in [0.25, 0.3) is 0 Å². The van der Waals surface area contributed by atoms with Gasteiger partial charge in [0.2, 0.25) is 0 Å². The third-order valence-corrected chi connectivity index (χ3v) is 4.11. The van der Waals surface area contributed by atoms with Gasteiger partial charge in [-0.1, -0.05) is 28.1 Å². The van der Waals surface area contributed by atoms with Crippen molar-refractivity contribution in [2.45, 2.75) is 26.8 Å². The summed E-state index contributed by atoms with van der Waals surface area (Å²) in [7, 11) is 0. The molecule has 7 nitrogen and oxygen atoms in total. The standard InChI is InChI=1S/C17H24BrN3O4/c1-4-21(11-16(23)20-17(24)25-5-2)10-15(22)19-12(3)13-6-8-14(18)9-7-13/h6-9,12H,4-5,10-11H2,1-3H3,(H,19,22)(H,20,23,24)/p+1/t12-/m0/s1. The van der Waals surface area contributed by atoms with E-state index in [-0.39, 0.29) is 31.6 Å². The molecule has 1 rings (SSSR count). The molecular formula is C17H25BrN3O4+. The van der Waals surface area contributed by atoms with E-state index in [1.807, 2.05) is 38.1 Å². The van der Waals surface area contributed by atoms with E-state index in [1.165, 1.54) is 0 Å². The number of carbonyl (C=O) groups excluding carboxylic acids is 3. The highest BCUT2D eigenvalue weighted by Gasteiger charge is 2.19. The summed E-state index contributed by atoms with van der Waals surface area (Å²) in [5.74, 6) is -0.625. The van der Waals surface area contributed by atoms with Crippen LogP contribution in [0, 0.1) is 0 Å². The first kappa shape index (κ1) is 21.1. The van der Waals surface area contributed by atoms with Crippen LogP contribution in [-0.4, -0.2) is 44.1 Å². The molecule has 1 unspecified atom stereocenters. The lowest BCUT2D eigenvalue weighted by Crippen LogP contribution is -3.14. The predicted molar refractivity (Wildman–Crippen MR) is 97.1 cm³/mol. The minimum absolute atomic E-state index is 0.0232. The van der Waals surface area contributed by atoms with Crippen LogP contribution in [0.1, 0.15) is 32.4 Å². The number of benzene rings is 1. The third-order valence-electron chi connectivity index (χ3n) is 3.59. The number of hydrogen-bond donors (Lipinski definition) is 3. The average molecular weight is 415 g/mol. The topological polar surface area (TPSA) is 88.9 Å². The molecule has 0 radical (unpaired) electrons. The van der Waals surface area contributed by atoms with Gasteiger partial charge in [0.1, 0.15) is 0 Å². The molecule has 0 heterocycles. The Morgan fingerprint density at radius 2 is 1.72 bits per heavy atom. The van der Waals surface area contributed by atoms with E-state index in [2.05, 4.69) is 31.3 Å². The Kier molecular flexibility index (Phi) is 9.15. The molecule has 2 atom stereocenters. The van der Waals surface area contributed by atoms with Gasteiger partial charge in [0.25, 0.3) is 11.8 Å². The first-order valence-corrected chi connectivity index (χ1v) is 9.00. The van der Waals surface area contributed by atoms with Gasteiger partial charge in [0.15, 0.2) is 13.1 Å². The summed E-state index contributed by atoms with van der Waals surface area (Å²) in [5.41, 5.74) is 0.995. The first-order chi connectivity index (χ1) is 11.8. The molecule has 0 aromatic heterocycles. The maximum Gasteiger partial charge on any atom is 0.414 e. The van der Waals surface area contributed by atoms with Crippen molar-refractivity contribution in [1.82, 2.24) is 10.6 Å². The molecule has 0 aliphatic rings. The van der Waals surface area contributed by atoms with Gasteiger partial charge in [-0.25, -0.2) is 4.79 Å². The fourth-order valence-electron chi connectivity index (χ4n) is 2.22. The molecular weight excluding hydrogens is 390 g/mol. The van der Waals surface area contributed by atoms with Gasteiger partial charge in [-0.05, 0) is 38.5 Å². The normalized spacial score (nSPS) is 12.8. The Labute approximate surface area is 156 Å². The number of rotatable bonds is 8. The molecule has 0 saturated heterocycles. The number of hydrogen-bond acceptors (Lipinski definition) is 4. The van der Waals surface area contributed by atoms with Gasteiger partial charge in [-0.15, -0.1) is 0 Å². The molecule has 0 fully saturated rings. The molecule has 0 aliphatic heterocycles. The molecule has 0 saturated carbocycles. The van der Waals surface area contributed by atoms with E-state index in [1.54, 1.807) is 6.92 Å². The fourth-order valence-corrected chi connectivity index (χ4v) is 2.48. The Balaban J connectivity index is 2.48. The van der Waals surface area contributed by atoms with Gasteiger partial charge in [-0.3, -0.25) is 14.9 Å². The number of quaternary nitrogens is 1. The van der Waals surface area contributed by atoms with E-state index >= 15 is 0 Å². The minimum atomic E-state index is -0.767. The van der Waals surface area contributed by atoms with Crippen LogP contribution in [0.5, 0.6) is 0 Å². The summed E-state index contributed by atoms with van der Waals surface area (Å²) >= 11 is 3.38. The SMILES string of the molecule is CCOC(=O)NC(=O)C[NH+](CC)CC(=O)N[C@@H](C)c1ccc(Br)cc1.